The van der Waals surface area contributed by atoms with E-state index in [9.17, 15) is 0 Å². The molecule has 0 bridgehead atoms. The topological polar surface area (TPSA) is 92.2 Å². The molecule has 9 heteroatoms. The second-order valence-electron chi connectivity index (χ2n) is 6.63. The maximum Gasteiger partial charge on any atom is 0.210 e. The number of ether oxygens (including phenoxy) is 1. The minimum atomic E-state index is -0.181. The first-order valence-corrected chi connectivity index (χ1v) is 8.30. The third-order valence-corrected chi connectivity index (χ3v) is 4.15. The highest BCUT2D eigenvalue weighted by Crippen LogP contribution is 2.33. The van der Waals surface area contributed by atoms with Gasteiger partial charge in [0, 0.05) is 5.56 Å². The summed E-state index contributed by atoms with van der Waals surface area (Å²) in [4.78, 5) is 13.3. The first-order valence-electron chi connectivity index (χ1n) is 8.30. The molecule has 0 spiro atoms. The summed E-state index contributed by atoms with van der Waals surface area (Å²) in [5.74, 6) is 1.38. The Morgan fingerprint density at radius 2 is 2.08 bits per heavy atom. The summed E-state index contributed by atoms with van der Waals surface area (Å²) in [5.41, 5.74) is 1.83. The van der Waals surface area contributed by atoms with Crippen LogP contribution in [-0.4, -0.2) is 41.0 Å². The Balaban J connectivity index is 1.64. The van der Waals surface area contributed by atoms with Crippen molar-refractivity contribution >= 4 is 5.84 Å². The van der Waals surface area contributed by atoms with Crippen LogP contribution in [0.3, 0.4) is 0 Å². The first-order chi connectivity index (χ1) is 12.6. The van der Waals surface area contributed by atoms with Gasteiger partial charge in [0.1, 0.15) is 36.7 Å². The monoisotopic (exact) mass is 353 g/mol. The Morgan fingerprint density at radius 1 is 1.23 bits per heavy atom. The van der Waals surface area contributed by atoms with Crippen molar-refractivity contribution in [2.75, 3.05) is 0 Å². The van der Waals surface area contributed by atoms with Crippen molar-refractivity contribution in [3.63, 3.8) is 0 Å². The number of aromatic nitrogens is 6. The molecule has 3 heterocycles. The van der Waals surface area contributed by atoms with E-state index < -0.39 is 0 Å². The average molecular weight is 353 g/mol. The van der Waals surface area contributed by atoms with Gasteiger partial charge in [-0.1, -0.05) is 17.3 Å². The molecule has 1 aliphatic heterocycles. The van der Waals surface area contributed by atoms with E-state index in [2.05, 4.69) is 45.2 Å². The molecule has 4 rings (SSSR count). The van der Waals surface area contributed by atoms with E-state index in [0.717, 1.165) is 24.2 Å². The number of oxime groups is 1. The summed E-state index contributed by atoms with van der Waals surface area (Å²) in [5, 5.41) is 12.4. The summed E-state index contributed by atoms with van der Waals surface area (Å²) in [6, 6.07) is 6.01. The minimum Gasteiger partial charge on any atom is -0.488 e. The van der Waals surface area contributed by atoms with Crippen LogP contribution < -0.4 is 4.74 Å². The molecule has 26 heavy (non-hydrogen) atoms. The molecule has 0 amide bonds. The quantitative estimate of drug-likeness (QED) is 0.404. The van der Waals surface area contributed by atoms with Gasteiger partial charge in [-0.25, -0.2) is 14.6 Å². The van der Waals surface area contributed by atoms with Crippen LogP contribution in [0.15, 0.2) is 48.7 Å². The maximum absolute atomic E-state index is 6.13. The molecular formula is C17H19N7O2. The number of aryl methyl sites for hydroxylation is 1. The third-order valence-electron chi connectivity index (χ3n) is 4.15. The minimum absolute atomic E-state index is 0.146. The number of hydrogen-bond acceptors (Lipinski definition) is 7. The molecule has 3 aromatic rings. The van der Waals surface area contributed by atoms with E-state index in [1.807, 2.05) is 12.1 Å². The van der Waals surface area contributed by atoms with Crippen LogP contribution in [-0.2, 0) is 18.0 Å². The summed E-state index contributed by atoms with van der Waals surface area (Å²) in [7, 11) is 0. The van der Waals surface area contributed by atoms with Crippen LogP contribution in [0.1, 0.15) is 31.4 Å². The number of benzene rings is 1. The Bertz CT molecular complexity index is 901. The van der Waals surface area contributed by atoms with Crippen LogP contribution in [0.2, 0.25) is 0 Å². The Labute approximate surface area is 150 Å². The summed E-state index contributed by atoms with van der Waals surface area (Å²) >= 11 is 0. The summed E-state index contributed by atoms with van der Waals surface area (Å²) in [6.07, 6.45) is 7.99. The highest BCUT2D eigenvalue weighted by molar-refractivity contribution is 5.99. The van der Waals surface area contributed by atoms with Crippen LogP contribution in [0, 0.1) is 0 Å². The van der Waals surface area contributed by atoms with E-state index in [-0.39, 0.29) is 12.3 Å². The fourth-order valence-corrected chi connectivity index (χ4v) is 2.77. The highest BCUT2D eigenvalue weighted by atomic mass is 16.6. The fraction of sp³-hybridized carbons (Fsp3) is 0.353. The van der Waals surface area contributed by atoms with Gasteiger partial charge in [0.25, 0.3) is 0 Å². The number of rotatable bonds is 4. The smallest absolute Gasteiger partial charge is 0.210 e. The SMILES string of the molecule is CC1(C)CCc2ccc(/C(=N/OCn3cncn3)n3cncn3)cc2O1. The molecule has 0 saturated heterocycles. The second kappa shape index (κ2) is 6.58. The van der Waals surface area contributed by atoms with Crippen molar-refractivity contribution in [1.82, 2.24) is 29.5 Å². The van der Waals surface area contributed by atoms with Crippen molar-refractivity contribution in [2.45, 2.75) is 39.0 Å². The van der Waals surface area contributed by atoms with Gasteiger partial charge in [-0.05, 0) is 38.3 Å². The van der Waals surface area contributed by atoms with Crippen molar-refractivity contribution in [3.8, 4) is 5.75 Å². The zero-order chi connectivity index (χ0) is 18.0. The van der Waals surface area contributed by atoms with Crippen LogP contribution in [0.5, 0.6) is 5.75 Å². The Kier molecular flexibility index (Phi) is 4.11. The van der Waals surface area contributed by atoms with Crippen molar-refractivity contribution in [1.29, 1.82) is 0 Å². The molecule has 0 fully saturated rings. The first kappa shape index (κ1) is 16.2. The second-order valence-corrected chi connectivity index (χ2v) is 6.63. The maximum atomic E-state index is 6.13. The van der Waals surface area contributed by atoms with Gasteiger partial charge in [-0.15, -0.1) is 0 Å². The summed E-state index contributed by atoms with van der Waals surface area (Å²) < 4.78 is 9.21. The average Bonchev–Trinajstić information content (AvgIpc) is 3.31. The molecular weight excluding hydrogens is 334 g/mol. The van der Waals surface area contributed by atoms with E-state index in [4.69, 9.17) is 9.57 Å². The molecule has 0 unspecified atom stereocenters. The number of hydrogen-bond donors (Lipinski definition) is 0. The molecule has 0 N–H and O–H groups in total. The van der Waals surface area contributed by atoms with Gasteiger partial charge in [-0.2, -0.15) is 14.9 Å². The highest BCUT2D eigenvalue weighted by Gasteiger charge is 2.27. The lowest BCUT2D eigenvalue weighted by Crippen LogP contribution is -2.32. The number of fused-ring (bicyclic) bond motifs is 1. The van der Waals surface area contributed by atoms with Gasteiger partial charge in [0.05, 0.1) is 0 Å². The van der Waals surface area contributed by atoms with Gasteiger partial charge in [-0.3, -0.25) is 0 Å². The number of nitrogens with zero attached hydrogens (tertiary/aromatic N) is 7. The molecule has 134 valence electrons. The van der Waals surface area contributed by atoms with Gasteiger partial charge in [0.2, 0.25) is 12.6 Å². The molecule has 0 radical (unpaired) electrons. The van der Waals surface area contributed by atoms with Gasteiger partial charge < -0.3 is 9.57 Å². The molecule has 2 aromatic heterocycles. The van der Waals surface area contributed by atoms with Gasteiger partial charge in [0.15, 0.2) is 0 Å². The van der Waals surface area contributed by atoms with E-state index in [1.165, 1.54) is 22.9 Å². The lowest BCUT2D eigenvalue weighted by Gasteiger charge is -2.32. The zero-order valence-electron chi connectivity index (χ0n) is 14.6. The normalized spacial score (nSPS) is 16.0. The van der Waals surface area contributed by atoms with E-state index in [1.54, 1.807) is 17.3 Å². The molecule has 1 aromatic carbocycles. The third kappa shape index (κ3) is 3.41. The van der Waals surface area contributed by atoms with E-state index >= 15 is 0 Å². The van der Waals surface area contributed by atoms with Crippen LogP contribution in [0.25, 0.3) is 0 Å². The molecule has 1 aliphatic rings. The summed E-state index contributed by atoms with van der Waals surface area (Å²) in [6.45, 7) is 4.33. The fourth-order valence-electron chi connectivity index (χ4n) is 2.77. The zero-order valence-corrected chi connectivity index (χ0v) is 14.6. The molecule has 9 nitrogen and oxygen atoms in total. The molecule has 0 atom stereocenters. The van der Waals surface area contributed by atoms with Crippen LogP contribution >= 0.6 is 0 Å². The predicted molar refractivity (Wildman–Crippen MR) is 92.5 cm³/mol. The lowest BCUT2D eigenvalue weighted by atomic mass is 9.93. The van der Waals surface area contributed by atoms with Crippen LogP contribution in [0.4, 0.5) is 0 Å². The predicted octanol–water partition coefficient (Wildman–Crippen LogP) is 1.86. The molecule has 0 aliphatic carbocycles. The Hall–Kier alpha value is -3.23. The van der Waals surface area contributed by atoms with E-state index in [0.29, 0.717) is 5.84 Å². The largest absolute Gasteiger partial charge is 0.488 e. The lowest BCUT2D eigenvalue weighted by molar-refractivity contribution is 0.0742. The van der Waals surface area contributed by atoms with Crippen molar-refractivity contribution in [2.24, 2.45) is 5.16 Å². The standard InChI is InChI=1S/C17H19N7O2/c1-17(2)6-5-13-3-4-14(7-15(13)26-17)16(24-11-19-9-21-24)22-25-12-23-10-18-8-20-23/h3-4,7-11H,5-6,12H2,1-2H3/b22-16-. The van der Waals surface area contributed by atoms with Gasteiger partial charge >= 0.3 is 0 Å². The van der Waals surface area contributed by atoms with Crippen molar-refractivity contribution < 1.29 is 9.57 Å². The molecule has 0 saturated carbocycles. The Morgan fingerprint density at radius 3 is 2.85 bits per heavy atom. The van der Waals surface area contributed by atoms with Crippen molar-refractivity contribution in [3.05, 3.63) is 54.6 Å².